The summed E-state index contributed by atoms with van der Waals surface area (Å²) in [4.78, 5) is 0. The second kappa shape index (κ2) is 6.38. The molecule has 0 saturated heterocycles. The summed E-state index contributed by atoms with van der Waals surface area (Å²) in [5, 5.41) is 0.887. The summed E-state index contributed by atoms with van der Waals surface area (Å²) in [6.07, 6.45) is 1.22. The van der Waals surface area contributed by atoms with Gasteiger partial charge in [-0.1, -0.05) is 18.9 Å². The highest BCUT2D eigenvalue weighted by molar-refractivity contribution is 8.07. The SMILES string of the molecule is CCCN(SCS)C(C)C. The largest absolute Gasteiger partial charge is 0.247 e. The van der Waals surface area contributed by atoms with Gasteiger partial charge in [0.2, 0.25) is 0 Å². The summed E-state index contributed by atoms with van der Waals surface area (Å²) in [6, 6.07) is 0.636. The molecule has 0 N–H and O–H groups in total. The fourth-order valence-corrected chi connectivity index (χ4v) is 1.97. The highest BCUT2D eigenvalue weighted by atomic mass is 32.2. The van der Waals surface area contributed by atoms with Crippen molar-refractivity contribution in [2.75, 3.05) is 11.6 Å². The predicted octanol–water partition coefficient (Wildman–Crippen LogP) is 2.64. The minimum Gasteiger partial charge on any atom is -0.247 e. The number of thiol groups is 1. The summed E-state index contributed by atoms with van der Waals surface area (Å²) in [6.45, 7) is 7.80. The van der Waals surface area contributed by atoms with E-state index in [0.29, 0.717) is 6.04 Å². The molecule has 0 unspecified atom stereocenters. The van der Waals surface area contributed by atoms with Crippen LogP contribution in [-0.4, -0.2) is 22.0 Å². The van der Waals surface area contributed by atoms with Crippen LogP contribution in [0.2, 0.25) is 0 Å². The van der Waals surface area contributed by atoms with E-state index in [1.165, 1.54) is 13.0 Å². The second-order valence-electron chi connectivity index (χ2n) is 2.49. The molecular formula is C7H17NS2. The zero-order valence-corrected chi connectivity index (χ0v) is 8.71. The molecule has 3 heteroatoms. The number of hydrogen-bond acceptors (Lipinski definition) is 3. The molecular weight excluding hydrogens is 162 g/mol. The van der Waals surface area contributed by atoms with Crippen LogP contribution in [-0.2, 0) is 0 Å². The lowest BCUT2D eigenvalue weighted by Crippen LogP contribution is -2.24. The van der Waals surface area contributed by atoms with Crippen LogP contribution in [0, 0.1) is 0 Å². The first-order chi connectivity index (χ1) is 4.72. The smallest absolute Gasteiger partial charge is 0.0509 e. The van der Waals surface area contributed by atoms with Crippen LogP contribution in [0.15, 0.2) is 0 Å². The minimum atomic E-state index is 0.636. The van der Waals surface area contributed by atoms with E-state index >= 15 is 0 Å². The van der Waals surface area contributed by atoms with E-state index in [-0.39, 0.29) is 0 Å². The lowest BCUT2D eigenvalue weighted by atomic mass is 10.4. The normalized spacial score (nSPS) is 11.4. The molecule has 0 aliphatic rings. The lowest BCUT2D eigenvalue weighted by molar-refractivity contribution is 0.397. The molecule has 0 spiro atoms. The first-order valence-corrected chi connectivity index (χ1v) is 5.30. The standard InChI is InChI=1S/C7H17NS2/c1-4-5-8(7(2)3)10-6-9/h7,9H,4-6H2,1-3H3. The highest BCUT2D eigenvalue weighted by Gasteiger charge is 2.06. The third-order valence-electron chi connectivity index (χ3n) is 1.24. The van der Waals surface area contributed by atoms with Crippen molar-refractivity contribution in [1.29, 1.82) is 0 Å². The van der Waals surface area contributed by atoms with E-state index in [4.69, 9.17) is 0 Å². The van der Waals surface area contributed by atoms with E-state index in [1.54, 1.807) is 11.9 Å². The van der Waals surface area contributed by atoms with Gasteiger partial charge in [0.25, 0.3) is 0 Å². The molecule has 0 heterocycles. The highest BCUT2D eigenvalue weighted by Crippen LogP contribution is 2.15. The van der Waals surface area contributed by atoms with Gasteiger partial charge in [-0.2, -0.15) is 12.6 Å². The fourth-order valence-electron chi connectivity index (χ4n) is 0.766. The molecule has 0 rings (SSSR count). The zero-order valence-electron chi connectivity index (χ0n) is 7.00. The van der Waals surface area contributed by atoms with E-state index in [0.717, 1.165) is 5.08 Å². The van der Waals surface area contributed by atoms with Gasteiger partial charge in [0.15, 0.2) is 0 Å². The van der Waals surface area contributed by atoms with Crippen molar-refractivity contribution in [1.82, 2.24) is 4.31 Å². The molecule has 0 aliphatic carbocycles. The maximum Gasteiger partial charge on any atom is 0.0509 e. The van der Waals surface area contributed by atoms with Gasteiger partial charge in [0.1, 0.15) is 0 Å². The van der Waals surface area contributed by atoms with Crippen molar-refractivity contribution in [3.8, 4) is 0 Å². The minimum absolute atomic E-state index is 0.636. The van der Waals surface area contributed by atoms with Gasteiger partial charge in [-0.25, -0.2) is 4.31 Å². The van der Waals surface area contributed by atoms with Crippen molar-refractivity contribution >= 4 is 24.6 Å². The Labute approximate surface area is 74.1 Å². The molecule has 0 bridgehead atoms. The van der Waals surface area contributed by atoms with Crippen LogP contribution >= 0.6 is 24.6 Å². The summed E-state index contributed by atoms with van der Waals surface area (Å²) >= 11 is 5.98. The molecule has 0 aromatic carbocycles. The lowest BCUT2D eigenvalue weighted by Gasteiger charge is -2.23. The molecule has 62 valence electrons. The molecule has 0 aliphatic heterocycles. The number of rotatable bonds is 5. The third kappa shape index (κ3) is 4.47. The van der Waals surface area contributed by atoms with Crippen LogP contribution in [0.25, 0.3) is 0 Å². The van der Waals surface area contributed by atoms with Gasteiger partial charge in [-0.05, 0) is 20.3 Å². The van der Waals surface area contributed by atoms with Gasteiger partial charge in [0, 0.05) is 12.6 Å². The van der Waals surface area contributed by atoms with E-state index < -0.39 is 0 Å². The summed E-state index contributed by atoms with van der Waals surface area (Å²) < 4.78 is 2.37. The first-order valence-electron chi connectivity index (χ1n) is 3.72. The zero-order chi connectivity index (χ0) is 7.98. The Hall–Kier alpha value is 0.660. The summed E-state index contributed by atoms with van der Waals surface area (Å²) in [5.41, 5.74) is 0. The molecule has 0 atom stereocenters. The number of hydrogen-bond donors (Lipinski definition) is 1. The molecule has 0 radical (unpaired) electrons. The van der Waals surface area contributed by atoms with E-state index in [9.17, 15) is 0 Å². The molecule has 0 amide bonds. The fraction of sp³-hybridized carbons (Fsp3) is 1.00. The van der Waals surface area contributed by atoms with Gasteiger partial charge in [-0.3, -0.25) is 0 Å². The predicted molar refractivity (Wildman–Crippen MR) is 53.6 cm³/mol. The monoisotopic (exact) mass is 179 g/mol. The van der Waals surface area contributed by atoms with Crippen molar-refractivity contribution in [2.24, 2.45) is 0 Å². The third-order valence-corrected chi connectivity index (χ3v) is 2.64. The Bertz CT molecular complexity index is 70.0. The van der Waals surface area contributed by atoms with E-state index in [1.807, 2.05) is 0 Å². The maximum absolute atomic E-state index is 4.17. The Balaban J connectivity index is 3.50. The molecule has 0 fully saturated rings. The van der Waals surface area contributed by atoms with Crippen molar-refractivity contribution in [3.63, 3.8) is 0 Å². The van der Waals surface area contributed by atoms with Crippen LogP contribution < -0.4 is 0 Å². The van der Waals surface area contributed by atoms with Crippen LogP contribution in [0.3, 0.4) is 0 Å². The van der Waals surface area contributed by atoms with Crippen LogP contribution in [0.1, 0.15) is 27.2 Å². The van der Waals surface area contributed by atoms with Crippen molar-refractivity contribution in [3.05, 3.63) is 0 Å². The summed E-state index contributed by atoms with van der Waals surface area (Å²) in [7, 11) is 0. The van der Waals surface area contributed by atoms with Gasteiger partial charge in [-0.15, -0.1) is 0 Å². The number of nitrogens with zero attached hydrogens (tertiary/aromatic N) is 1. The van der Waals surface area contributed by atoms with Gasteiger partial charge >= 0.3 is 0 Å². The average Bonchev–Trinajstić information content (AvgIpc) is 1.87. The Morgan fingerprint density at radius 1 is 1.50 bits per heavy atom. The van der Waals surface area contributed by atoms with Crippen LogP contribution in [0.5, 0.6) is 0 Å². The van der Waals surface area contributed by atoms with Crippen molar-refractivity contribution in [2.45, 2.75) is 33.2 Å². The van der Waals surface area contributed by atoms with Crippen LogP contribution in [0.4, 0.5) is 0 Å². The Morgan fingerprint density at radius 3 is 2.40 bits per heavy atom. The van der Waals surface area contributed by atoms with Crippen molar-refractivity contribution < 1.29 is 0 Å². The quantitative estimate of drug-likeness (QED) is 0.393. The topological polar surface area (TPSA) is 3.24 Å². The molecule has 1 nitrogen and oxygen atoms in total. The average molecular weight is 179 g/mol. The Morgan fingerprint density at radius 2 is 2.10 bits per heavy atom. The Kier molecular flexibility index (Phi) is 6.80. The molecule has 0 aromatic rings. The maximum atomic E-state index is 4.17. The molecule has 0 aromatic heterocycles. The molecule has 0 saturated carbocycles. The first kappa shape index (κ1) is 10.7. The second-order valence-corrected chi connectivity index (χ2v) is 4.25. The summed E-state index contributed by atoms with van der Waals surface area (Å²) in [5.74, 6) is 0. The molecule has 10 heavy (non-hydrogen) atoms. The van der Waals surface area contributed by atoms with Gasteiger partial charge < -0.3 is 0 Å². The van der Waals surface area contributed by atoms with Gasteiger partial charge in [0.05, 0.1) is 5.08 Å². The van der Waals surface area contributed by atoms with E-state index in [2.05, 4.69) is 37.7 Å².